The summed E-state index contributed by atoms with van der Waals surface area (Å²) in [5, 5.41) is 14.3. The lowest BCUT2D eigenvalue weighted by atomic mass is 10.2. The second-order valence-electron chi connectivity index (χ2n) is 4.00. The predicted octanol–water partition coefficient (Wildman–Crippen LogP) is 2.77. The molecular formula is C12H16F4IN3O. The second-order valence-corrected chi connectivity index (χ2v) is 4.00. The van der Waals surface area contributed by atoms with Crippen LogP contribution in [0.25, 0.3) is 0 Å². The van der Waals surface area contributed by atoms with Crippen molar-refractivity contribution in [2.24, 2.45) is 4.99 Å². The second kappa shape index (κ2) is 8.90. The van der Waals surface area contributed by atoms with Crippen LogP contribution < -0.4 is 10.6 Å². The number of phenolic OH excluding ortho intramolecular Hbond substituents is 1. The molecule has 9 heteroatoms. The highest BCUT2D eigenvalue weighted by atomic mass is 127. The Morgan fingerprint density at radius 2 is 1.95 bits per heavy atom. The average Bonchev–Trinajstić information content (AvgIpc) is 2.36. The zero-order chi connectivity index (χ0) is 15.2. The van der Waals surface area contributed by atoms with Crippen molar-refractivity contribution < 1.29 is 22.7 Å². The normalized spacial score (nSPS) is 11.8. The van der Waals surface area contributed by atoms with Crippen molar-refractivity contribution in [1.82, 2.24) is 10.6 Å². The van der Waals surface area contributed by atoms with Gasteiger partial charge in [-0.05, 0) is 17.7 Å². The number of nitrogens with zero attached hydrogens (tertiary/aromatic N) is 1. The maximum atomic E-state index is 13.1. The zero-order valence-corrected chi connectivity index (χ0v) is 13.5. The summed E-state index contributed by atoms with van der Waals surface area (Å²) < 4.78 is 49.0. The van der Waals surface area contributed by atoms with Gasteiger partial charge < -0.3 is 15.7 Å². The molecule has 0 amide bonds. The van der Waals surface area contributed by atoms with Crippen LogP contribution in [0.2, 0.25) is 0 Å². The van der Waals surface area contributed by atoms with Gasteiger partial charge in [0.25, 0.3) is 0 Å². The van der Waals surface area contributed by atoms with Crippen LogP contribution in [0.3, 0.4) is 0 Å². The largest absolute Gasteiger partial charge is 0.505 e. The van der Waals surface area contributed by atoms with Crippen LogP contribution >= 0.6 is 24.0 Å². The number of phenols is 1. The SMILES string of the molecule is CN=C(NCCC(F)(F)F)NCc1ccc(O)c(F)c1.I. The molecule has 1 aromatic carbocycles. The summed E-state index contributed by atoms with van der Waals surface area (Å²) in [5.74, 6) is -1.03. The number of alkyl halides is 3. The first-order valence-electron chi connectivity index (χ1n) is 5.80. The Bertz CT molecular complexity index is 480. The van der Waals surface area contributed by atoms with Gasteiger partial charge >= 0.3 is 6.18 Å². The van der Waals surface area contributed by atoms with Crippen molar-refractivity contribution in [3.05, 3.63) is 29.6 Å². The van der Waals surface area contributed by atoms with Gasteiger partial charge in [-0.1, -0.05) is 6.07 Å². The van der Waals surface area contributed by atoms with Crippen LogP contribution in [-0.2, 0) is 6.54 Å². The average molecular weight is 421 g/mol. The standard InChI is InChI=1S/C12H15F4N3O.HI/c1-17-11(18-5-4-12(14,15)16)19-7-8-2-3-10(20)9(13)6-8;/h2-3,6,20H,4-5,7H2,1H3,(H2,17,18,19);1H. The van der Waals surface area contributed by atoms with Crippen molar-refractivity contribution in [2.75, 3.05) is 13.6 Å². The third-order valence-electron chi connectivity index (χ3n) is 2.40. The highest BCUT2D eigenvalue weighted by Gasteiger charge is 2.26. The maximum Gasteiger partial charge on any atom is 0.390 e. The third-order valence-corrected chi connectivity index (χ3v) is 2.40. The summed E-state index contributed by atoms with van der Waals surface area (Å²) in [6, 6.07) is 3.83. The molecule has 0 saturated heterocycles. The summed E-state index contributed by atoms with van der Waals surface area (Å²) in [6.07, 6.45) is -5.20. The minimum atomic E-state index is -4.23. The number of rotatable bonds is 4. The van der Waals surface area contributed by atoms with E-state index in [9.17, 15) is 17.6 Å². The molecule has 1 rings (SSSR count). The van der Waals surface area contributed by atoms with Crippen molar-refractivity contribution in [3.63, 3.8) is 0 Å². The molecule has 0 bridgehead atoms. The van der Waals surface area contributed by atoms with E-state index in [4.69, 9.17) is 5.11 Å². The lowest BCUT2D eigenvalue weighted by Crippen LogP contribution is -2.38. The van der Waals surface area contributed by atoms with Crippen LogP contribution in [0.15, 0.2) is 23.2 Å². The van der Waals surface area contributed by atoms with E-state index in [-0.39, 0.29) is 43.0 Å². The molecule has 0 atom stereocenters. The molecule has 0 aliphatic rings. The Morgan fingerprint density at radius 3 is 2.48 bits per heavy atom. The fourth-order valence-corrected chi connectivity index (χ4v) is 1.39. The zero-order valence-electron chi connectivity index (χ0n) is 11.2. The van der Waals surface area contributed by atoms with Gasteiger partial charge in [0, 0.05) is 20.1 Å². The molecule has 21 heavy (non-hydrogen) atoms. The molecule has 0 saturated carbocycles. The lowest BCUT2D eigenvalue weighted by molar-refractivity contribution is -0.132. The Balaban J connectivity index is 0.00000400. The molecule has 0 radical (unpaired) electrons. The van der Waals surface area contributed by atoms with Crippen molar-refractivity contribution in [2.45, 2.75) is 19.1 Å². The van der Waals surface area contributed by atoms with E-state index in [0.29, 0.717) is 5.56 Å². The lowest BCUT2D eigenvalue weighted by Gasteiger charge is -2.13. The van der Waals surface area contributed by atoms with Gasteiger partial charge in [0.1, 0.15) is 0 Å². The predicted molar refractivity (Wildman–Crippen MR) is 82.4 cm³/mol. The molecule has 0 aliphatic carbocycles. The first kappa shape index (κ1) is 19.7. The van der Waals surface area contributed by atoms with E-state index in [1.807, 2.05) is 0 Å². The molecule has 0 spiro atoms. The quantitative estimate of drug-likeness (QED) is 0.304. The number of halogens is 5. The summed E-state index contributed by atoms with van der Waals surface area (Å²) in [7, 11) is 1.42. The molecular weight excluding hydrogens is 405 g/mol. The van der Waals surface area contributed by atoms with Gasteiger partial charge in [-0.2, -0.15) is 13.2 Å². The van der Waals surface area contributed by atoms with E-state index in [1.165, 1.54) is 19.2 Å². The highest BCUT2D eigenvalue weighted by molar-refractivity contribution is 14.0. The minimum Gasteiger partial charge on any atom is -0.505 e. The Morgan fingerprint density at radius 1 is 1.29 bits per heavy atom. The molecule has 0 aliphatic heterocycles. The van der Waals surface area contributed by atoms with Gasteiger partial charge in [-0.15, -0.1) is 24.0 Å². The van der Waals surface area contributed by atoms with Crippen LogP contribution in [-0.4, -0.2) is 30.8 Å². The molecule has 3 N–H and O–H groups in total. The number of nitrogens with one attached hydrogen (secondary N) is 2. The fraction of sp³-hybridized carbons (Fsp3) is 0.417. The van der Waals surface area contributed by atoms with Crippen LogP contribution in [0.5, 0.6) is 5.75 Å². The fourth-order valence-electron chi connectivity index (χ4n) is 1.39. The molecule has 0 aromatic heterocycles. The molecule has 0 heterocycles. The van der Waals surface area contributed by atoms with Gasteiger partial charge in [-0.25, -0.2) is 4.39 Å². The minimum absolute atomic E-state index is 0. The number of aliphatic imine (C=N–C) groups is 1. The third kappa shape index (κ3) is 7.93. The number of aromatic hydroxyl groups is 1. The Hall–Kier alpha value is -1.26. The van der Waals surface area contributed by atoms with Crippen LogP contribution in [0.1, 0.15) is 12.0 Å². The van der Waals surface area contributed by atoms with Crippen molar-refractivity contribution >= 4 is 29.9 Å². The summed E-state index contributed by atoms with van der Waals surface area (Å²) >= 11 is 0. The molecule has 1 aromatic rings. The number of hydrogen-bond acceptors (Lipinski definition) is 2. The van der Waals surface area contributed by atoms with Gasteiger partial charge in [0.15, 0.2) is 17.5 Å². The number of benzene rings is 1. The summed E-state index contributed by atoms with van der Waals surface area (Å²) in [4.78, 5) is 3.75. The summed E-state index contributed by atoms with van der Waals surface area (Å²) in [5.41, 5.74) is 0.527. The van der Waals surface area contributed by atoms with Gasteiger partial charge in [0.2, 0.25) is 0 Å². The first-order chi connectivity index (χ1) is 9.31. The molecule has 120 valence electrons. The number of guanidine groups is 1. The van der Waals surface area contributed by atoms with Crippen molar-refractivity contribution in [3.8, 4) is 5.75 Å². The van der Waals surface area contributed by atoms with Crippen LogP contribution in [0.4, 0.5) is 17.6 Å². The smallest absolute Gasteiger partial charge is 0.390 e. The first-order valence-corrected chi connectivity index (χ1v) is 5.80. The van der Waals surface area contributed by atoms with E-state index in [1.54, 1.807) is 0 Å². The molecule has 0 fully saturated rings. The van der Waals surface area contributed by atoms with E-state index in [2.05, 4.69) is 15.6 Å². The monoisotopic (exact) mass is 421 g/mol. The van der Waals surface area contributed by atoms with E-state index in [0.717, 1.165) is 6.07 Å². The van der Waals surface area contributed by atoms with Crippen LogP contribution in [0, 0.1) is 5.82 Å². The Labute approximate surface area is 136 Å². The van der Waals surface area contributed by atoms with Crippen molar-refractivity contribution in [1.29, 1.82) is 0 Å². The molecule has 4 nitrogen and oxygen atoms in total. The van der Waals surface area contributed by atoms with Gasteiger partial charge in [0.05, 0.1) is 6.42 Å². The number of hydrogen-bond donors (Lipinski definition) is 3. The highest BCUT2D eigenvalue weighted by Crippen LogP contribution is 2.18. The maximum absolute atomic E-state index is 13.1. The Kier molecular flexibility index (Phi) is 8.37. The van der Waals surface area contributed by atoms with E-state index < -0.39 is 24.2 Å². The van der Waals surface area contributed by atoms with Gasteiger partial charge in [-0.3, -0.25) is 4.99 Å². The summed E-state index contributed by atoms with van der Waals surface area (Å²) in [6.45, 7) is -0.129. The topological polar surface area (TPSA) is 56.7 Å². The molecule has 0 unspecified atom stereocenters. The van der Waals surface area contributed by atoms with E-state index >= 15 is 0 Å².